The number of morpholine rings is 1. The summed E-state index contributed by atoms with van der Waals surface area (Å²) in [5.41, 5.74) is 2.38. The molecule has 0 N–H and O–H groups in total. The fraction of sp³-hybridized carbons (Fsp3) is 0.233. The molecule has 4 aromatic rings. The summed E-state index contributed by atoms with van der Waals surface area (Å²) in [7, 11) is 0. The largest absolute Gasteiger partial charge is 0.463 e. The molecule has 1 atom stereocenters. The van der Waals surface area contributed by atoms with Gasteiger partial charge in [0.15, 0.2) is 4.80 Å². The number of thiazole rings is 1. The van der Waals surface area contributed by atoms with Crippen LogP contribution < -0.4 is 19.8 Å². The van der Waals surface area contributed by atoms with Gasteiger partial charge in [0.2, 0.25) is 0 Å². The summed E-state index contributed by atoms with van der Waals surface area (Å²) in [6.07, 6.45) is 1.68. The lowest BCUT2D eigenvalue weighted by Gasteiger charge is -2.30. The number of non-ortho nitro benzene ring substituents is 1. The molecule has 2 aromatic heterocycles. The zero-order chi connectivity index (χ0) is 29.2. The molecule has 0 spiro atoms. The van der Waals surface area contributed by atoms with Crippen molar-refractivity contribution in [2.45, 2.75) is 13.0 Å². The number of ether oxygens (including phenoxy) is 2. The van der Waals surface area contributed by atoms with E-state index in [0.29, 0.717) is 46.9 Å². The Morgan fingerprint density at radius 1 is 1.17 bits per heavy atom. The van der Waals surface area contributed by atoms with E-state index in [0.717, 1.165) is 16.1 Å². The van der Waals surface area contributed by atoms with E-state index < -0.39 is 16.9 Å². The van der Waals surface area contributed by atoms with Crippen LogP contribution in [0.3, 0.4) is 0 Å². The molecule has 4 heterocycles. The Bertz CT molecular complexity index is 1860. The maximum Gasteiger partial charge on any atom is 0.338 e. The van der Waals surface area contributed by atoms with Crippen molar-refractivity contribution in [2.75, 3.05) is 37.8 Å². The maximum atomic E-state index is 14.1. The van der Waals surface area contributed by atoms with Gasteiger partial charge in [-0.3, -0.25) is 19.5 Å². The number of hydrogen-bond acceptors (Lipinski definition) is 10. The van der Waals surface area contributed by atoms with Crippen molar-refractivity contribution in [2.24, 2.45) is 4.99 Å². The van der Waals surface area contributed by atoms with Crippen molar-refractivity contribution in [3.8, 4) is 0 Å². The van der Waals surface area contributed by atoms with Gasteiger partial charge in [-0.15, -0.1) is 11.3 Å². The van der Waals surface area contributed by atoms with Crippen molar-refractivity contribution >= 4 is 51.8 Å². The molecular formula is C30H26N4O6S2. The van der Waals surface area contributed by atoms with E-state index in [4.69, 9.17) is 14.5 Å². The van der Waals surface area contributed by atoms with Crippen LogP contribution >= 0.6 is 22.7 Å². The molecule has 2 aliphatic rings. The normalized spacial score (nSPS) is 17.1. The molecule has 214 valence electrons. The van der Waals surface area contributed by atoms with Gasteiger partial charge in [-0.1, -0.05) is 47.7 Å². The number of aromatic nitrogens is 1. The number of nitrogens with zero attached hydrogens (tertiary/aromatic N) is 4. The fourth-order valence-electron chi connectivity index (χ4n) is 5.16. The van der Waals surface area contributed by atoms with E-state index in [1.54, 1.807) is 19.1 Å². The minimum absolute atomic E-state index is 0.0709. The van der Waals surface area contributed by atoms with E-state index in [1.807, 2.05) is 47.8 Å². The van der Waals surface area contributed by atoms with E-state index in [2.05, 4.69) is 4.90 Å². The molecule has 6 rings (SSSR count). The SMILES string of the molecule is CCOC(=O)C1=C(c2ccccc2)N=c2sc(=Cc3cc([N+](=O)[O-])ccc3N3CCOCC3)c(=O)n2C1c1cccs1. The second-order valence-corrected chi connectivity index (χ2v) is 11.5. The van der Waals surface area contributed by atoms with Gasteiger partial charge in [-0.25, -0.2) is 9.79 Å². The number of carbonyl (C=O) groups excluding carboxylic acids is 1. The van der Waals surface area contributed by atoms with Gasteiger partial charge < -0.3 is 14.4 Å². The number of esters is 1. The third kappa shape index (κ3) is 5.20. The minimum atomic E-state index is -0.749. The van der Waals surface area contributed by atoms with Gasteiger partial charge in [0.25, 0.3) is 11.2 Å². The first-order valence-electron chi connectivity index (χ1n) is 13.4. The number of rotatable bonds is 7. The molecule has 2 aliphatic heterocycles. The van der Waals surface area contributed by atoms with Crippen molar-refractivity contribution in [1.29, 1.82) is 0 Å². The smallest absolute Gasteiger partial charge is 0.338 e. The number of fused-ring (bicyclic) bond motifs is 1. The molecule has 42 heavy (non-hydrogen) atoms. The predicted octanol–water partition coefficient (Wildman–Crippen LogP) is 3.74. The van der Waals surface area contributed by atoms with Crippen LogP contribution in [0.2, 0.25) is 0 Å². The van der Waals surface area contributed by atoms with E-state index in [9.17, 15) is 19.7 Å². The Morgan fingerprint density at radius 2 is 1.95 bits per heavy atom. The number of benzene rings is 2. The summed E-state index contributed by atoms with van der Waals surface area (Å²) in [6, 6.07) is 17.0. The molecule has 1 unspecified atom stereocenters. The molecule has 12 heteroatoms. The molecule has 0 saturated carbocycles. The van der Waals surface area contributed by atoms with Crippen molar-refractivity contribution < 1.29 is 19.2 Å². The molecule has 2 aromatic carbocycles. The zero-order valence-corrected chi connectivity index (χ0v) is 24.2. The quantitative estimate of drug-likeness (QED) is 0.180. The lowest BCUT2D eigenvalue weighted by Crippen LogP contribution is -2.39. The lowest BCUT2D eigenvalue weighted by molar-refractivity contribution is -0.384. The monoisotopic (exact) mass is 602 g/mol. The van der Waals surface area contributed by atoms with Gasteiger partial charge in [-0.05, 0) is 30.5 Å². The van der Waals surface area contributed by atoms with Gasteiger partial charge in [0, 0.05) is 46.9 Å². The second kappa shape index (κ2) is 11.8. The highest BCUT2D eigenvalue weighted by Crippen LogP contribution is 2.37. The lowest BCUT2D eigenvalue weighted by atomic mass is 9.97. The first-order valence-corrected chi connectivity index (χ1v) is 15.1. The molecule has 0 bridgehead atoms. The van der Waals surface area contributed by atoms with Crippen LogP contribution in [0.1, 0.15) is 29.0 Å². The van der Waals surface area contributed by atoms with Gasteiger partial charge in [0.1, 0.15) is 6.04 Å². The number of thiophene rings is 1. The van der Waals surface area contributed by atoms with Crippen LogP contribution in [0.15, 0.2) is 81.4 Å². The van der Waals surface area contributed by atoms with Crippen molar-refractivity contribution in [3.63, 3.8) is 0 Å². The highest BCUT2D eigenvalue weighted by Gasteiger charge is 2.35. The summed E-state index contributed by atoms with van der Waals surface area (Å²) in [6.45, 7) is 4.24. The van der Waals surface area contributed by atoms with E-state index >= 15 is 0 Å². The molecular weight excluding hydrogens is 576 g/mol. The summed E-state index contributed by atoms with van der Waals surface area (Å²) in [4.78, 5) is 47.0. The number of carbonyl (C=O) groups is 1. The van der Waals surface area contributed by atoms with Crippen molar-refractivity contribution in [3.05, 3.63) is 117 Å². The maximum absolute atomic E-state index is 14.1. The predicted molar refractivity (Wildman–Crippen MR) is 162 cm³/mol. The highest BCUT2D eigenvalue weighted by molar-refractivity contribution is 7.10. The highest BCUT2D eigenvalue weighted by atomic mass is 32.1. The van der Waals surface area contributed by atoms with Crippen molar-refractivity contribution in [1.82, 2.24) is 4.57 Å². The van der Waals surface area contributed by atoms with E-state index in [-0.39, 0.29) is 23.4 Å². The number of nitro groups is 1. The summed E-state index contributed by atoms with van der Waals surface area (Å²) in [5, 5.41) is 13.5. The molecule has 0 radical (unpaired) electrons. The topological polar surface area (TPSA) is 116 Å². The van der Waals surface area contributed by atoms with Gasteiger partial charge in [0.05, 0.1) is 40.5 Å². The van der Waals surface area contributed by atoms with Crippen LogP contribution in [0.25, 0.3) is 11.8 Å². The number of nitro benzene ring substituents is 1. The van der Waals surface area contributed by atoms with Crippen LogP contribution in [0, 0.1) is 10.1 Å². The summed E-state index contributed by atoms with van der Waals surface area (Å²) in [5.74, 6) is -0.541. The van der Waals surface area contributed by atoms with Gasteiger partial charge in [-0.2, -0.15) is 0 Å². The first kappa shape index (κ1) is 27.8. The zero-order valence-electron chi connectivity index (χ0n) is 22.6. The van der Waals surface area contributed by atoms with Crippen LogP contribution in [0.5, 0.6) is 0 Å². The molecule has 0 aliphatic carbocycles. The van der Waals surface area contributed by atoms with Gasteiger partial charge >= 0.3 is 5.97 Å². The molecule has 10 nitrogen and oxygen atoms in total. The Balaban J connectivity index is 1.60. The molecule has 1 fully saturated rings. The van der Waals surface area contributed by atoms with Crippen LogP contribution in [0.4, 0.5) is 11.4 Å². The standard InChI is InChI=1S/C30H26N4O6S2/c1-2-40-29(36)25-26(19-7-4-3-5-8-19)31-30-33(27(25)23-9-6-16-41-23)28(35)24(42-30)18-20-17-21(34(37)38)10-11-22(20)32-12-14-39-15-13-32/h3-11,16-18,27H,2,12-15H2,1H3. The Labute approximate surface area is 248 Å². The Hall–Kier alpha value is -4.39. The van der Waals surface area contributed by atoms with E-state index in [1.165, 1.54) is 39.4 Å². The first-order chi connectivity index (χ1) is 20.5. The Morgan fingerprint density at radius 3 is 2.64 bits per heavy atom. The number of anilines is 1. The van der Waals surface area contributed by atoms with Crippen LogP contribution in [-0.4, -0.2) is 48.4 Å². The number of hydrogen-bond donors (Lipinski definition) is 0. The average molecular weight is 603 g/mol. The minimum Gasteiger partial charge on any atom is -0.463 e. The molecule has 0 amide bonds. The third-order valence-electron chi connectivity index (χ3n) is 7.05. The summed E-state index contributed by atoms with van der Waals surface area (Å²) < 4.78 is 12.9. The average Bonchev–Trinajstić information content (AvgIpc) is 3.65. The Kier molecular flexibility index (Phi) is 7.83. The second-order valence-electron chi connectivity index (χ2n) is 9.55. The summed E-state index contributed by atoms with van der Waals surface area (Å²) >= 11 is 2.62. The van der Waals surface area contributed by atoms with Crippen LogP contribution in [-0.2, 0) is 14.3 Å². The third-order valence-corrected chi connectivity index (χ3v) is 8.95. The molecule has 1 saturated heterocycles. The fourth-order valence-corrected chi connectivity index (χ4v) is 6.98.